The maximum Gasteiger partial charge on any atom is 0.146 e. The number of anilines is 1. The first kappa shape index (κ1) is 9.39. The van der Waals surface area contributed by atoms with Crippen molar-refractivity contribution in [2.75, 3.05) is 12.8 Å². The fraction of sp³-hybridized carbons (Fsp3) is 0.100. The van der Waals surface area contributed by atoms with Crippen LogP contribution in [0.5, 0.6) is 5.75 Å². The Hall–Kier alpha value is -2.17. The van der Waals surface area contributed by atoms with Crippen LogP contribution in [0.1, 0.15) is 0 Å². The minimum absolute atomic E-state index is 0.361. The van der Waals surface area contributed by atoms with Crippen molar-refractivity contribution in [3.63, 3.8) is 0 Å². The number of methoxy groups -OCH3 is 1. The van der Waals surface area contributed by atoms with Gasteiger partial charge in [-0.15, -0.1) is 0 Å². The molecule has 0 amide bonds. The van der Waals surface area contributed by atoms with Crippen LogP contribution in [-0.2, 0) is 0 Å². The molecule has 0 radical (unpaired) electrons. The molecular formula is C10H10N4O. The lowest BCUT2D eigenvalue weighted by atomic mass is 10.2. The quantitative estimate of drug-likeness (QED) is 0.790. The molecule has 2 N–H and O–H groups in total. The number of hydrogen-bond acceptors (Lipinski definition) is 5. The molecule has 5 heteroatoms. The Labute approximate surface area is 87.0 Å². The lowest BCUT2D eigenvalue weighted by Crippen LogP contribution is -1.97. The minimum Gasteiger partial charge on any atom is -0.494 e. The fourth-order valence-electron chi connectivity index (χ4n) is 1.24. The second-order valence-corrected chi connectivity index (χ2v) is 2.88. The Morgan fingerprint density at radius 1 is 1.33 bits per heavy atom. The van der Waals surface area contributed by atoms with Crippen molar-refractivity contribution < 1.29 is 4.74 Å². The molecule has 2 aromatic rings. The largest absolute Gasteiger partial charge is 0.494 e. The van der Waals surface area contributed by atoms with Gasteiger partial charge < -0.3 is 10.5 Å². The van der Waals surface area contributed by atoms with Gasteiger partial charge in [0, 0.05) is 6.20 Å². The molecule has 0 aliphatic carbocycles. The summed E-state index contributed by atoms with van der Waals surface area (Å²) in [4.78, 5) is 12.3. The number of pyridine rings is 1. The highest BCUT2D eigenvalue weighted by Crippen LogP contribution is 2.24. The van der Waals surface area contributed by atoms with Crippen LogP contribution < -0.4 is 10.5 Å². The highest BCUT2D eigenvalue weighted by atomic mass is 16.5. The molecule has 0 saturated carbocycles. The van der Waals surface area contributed by atoms with E-state index < -0.39 is 0 Å². The van der Waals surface area contributed by atoms with E-state index in [1.807, 2.05) is 6.07 Å². The molecule has 2 rings (SSSR count). The Bertz CT molecular complexity index is 472. The summed E-state index contributed by atoms with van der Waals surface area (Å²) in [5, 5.41) is 0. The zero-order valence-electron chi connectivity index (χ0n) is 8.21. The van der Waals surface area contributed by atoms with E-state index in [0.717, 1.165) is 0 Å². The number of nitrogens with zero attached hydrogens (tertiary/aromatic N) is 3. The number of rotatable bonds is 2. The van der Waals surface area contributed by atoms with Crippen molar-refractivity contribution in [3.05, 3.63) is 30.7 Å². The summed E-state index contributed by atoms with van der Waals surface area (Å²) in [5.41, 5.74) is 6.79. The van der Waals surface area contributed by atoms with E-state index in [1.54, 1.807) is 25.6 Å². The topological polar surface area (TPSA) is 73.9 Å². The van der Waals surface area contributed by atoms with Crippen LogP contribution >= 0.6 is 0 Å². The second-order valence-electron chi connectivity index (χ2n) is 2.88. The number of nitrogens with two attached hydrogens (primary N) is 1. The van der Waals surface area contributed by atoms with Gasteiger partial charge in [-0.1, -0.05) is 0 Å². The van der Waals surface area contributed by atoms with Crippen molar-refractivity contribution in [1.29, 1.82) is 0 Å². The number of hydrogen-bond donors (Lipinski definition) is 1. The van der Waals surface area contributed by atoms with Gasteiger partial charge in [-0.3, -0.25) is 9.97 Å². The first-order chi connectivity index (χ1) is 7.31. The predicted octanol–water partition coefficient (Wildman–Crippen LogP) is 1.13. The molecule has 0 bridgehead atoms. The Morgan fingerprint density at radius 2 is 2.20 bits per heavy atom. The van der Waals surface area contributed by atoms with Gasteiger partial charge in [-0.25, -0.2) is 4.98 Å². The van der Waals surface area contributed by atoms with Crippen LogP contribution in [0.15, 0.2) is 30.7 Å². The van der Waals surface area contributed by atoms with E-state index in [9.17, 15) is 0 Å². The third kappa shape index (κ3) is 1.85. The minimum atomic E-state index is 0.361. The van der Waals surface area contributed by atoms with Crippen LogP contribution in [0.4, 0.5) is 5.82 Å². The molecule has 5 nitrogen and oxygen atoms in total. The number of aromatic nitrogens is 3. The van der Waals surface area contributed by atoms with E-state index in [2.05, 4.69) is 15.0 Å². The monoisotopic (exact) mass is 202 g/mol. The van der Waals surface area contributed by atoms with E-state index in [1.165, 1.54) is 6.20 Å². The standard InChI is InChI=1S/C10H10N4O/c1-15-8-3-2-4-13-10(8)7-5-12-6-9(11)14-7/h2-6H,1H3,(H2,11,14). The van der Waals surface area contributed by atoms with Crippen LogP contribution in [0.3, 0.4) is 0 Å². The molecule has 0 aliphatic heterocycles. The van der Waals surface area contributed by atoms with Crippen LogP contribution in [0.2, 0.25) is 0 Å². The SMILES string of the molecule is COc1cccnc1-c1cncc(N)n1. The summed E-state index contributed by atoms with van der Waals surface area (Å²) >= 11 is 0. The Balaban J connectivity index is 2.53. The van der Waals surface area contributed by atoms with E-state index in [4.69, 9.17) is 10.5 Å². The summed E-state index contributed by atoms with van der Waals surface area (Å²) in [7, 11) is 1.58. The third-order valence-corrected chi connectivity index (χ3v) is 1.89. The molecule has 0 aliphatic rings. The predicted molar refractivity (Wildman–Crippen MR) is 56.2 cm³/mol. The molecule has 2 aromatic heterocycles. The normalized spacial score (nSPS) is 9.93. The summed E-state index contributed by atoms with van der Waals surface area (Å²) in [6.45, 7) is 0. The maximum absolute atomic E-state index is 5.55. The van der Waals surface area contributed by atoms with E-state index >= 15 is 0 Å². The lowest BCUT2D eigenvalue weighted by molar-refractivity contribution is 0.414. The molecular weight excluding hydrogens is 192 g/mol. The zero-order valence-corrected chi connectivity index (χ0v) is 8.21. The maximum atomic E-state index is 5.55. The molecule has 0 unspecified atom stereocenters. The molecule has 0 atom stereocenters. The summed E-state index contributed by atoms with van der Waals surface area (Å²) in [6, 6.07) is 3.61. The van der Waals surface area contributed by atoms with Gasteiger partial charge in [0.05, 0.1) is 19.5 Å². The van der Waals surface area contributed by atoms with E-state index in [-0.39, 0.29) is 0 Å². The molecule has 0 aromatic carbocycles. The smallest absolute Gasteiger partial charge is 0.146 e. The molecule has 0 spiro atoms. The third-order valence-electron chi connectivity index (χ3n) is 1.89. The molecule has 0 saturated heterocycles. The molecule has 76 valence electrons. The van der Waals surface area contributed by atoms with Gasteiger partial charge in [-0.05, 0) is 12.1 Å². The van der Waals surface area contributed by atoms with Crippen molar-refractivity contribution in [3.8, 4) is 17.1 Å². The summed E-state index contributed by atoms with van der Waals surface area (Å²) < 4.78 is 5.17. The second kappa shape index (κ2) is 3.91. The highest BCUT2D eigenvalue weighted by molar-refractivity contribution is 5.62. The molecule has 0 fully saturated rings. The van der Waals surface area contributed by atoms with Crippen LogP contribution in [0.25, 0.3) is 11.4 Å². The van der Waals surface area contributed by atoms with Crippen LogP contribution in [0, 0.1) is 0 Å². The molecule has 15 heavy (non-hydrogen) atoms. The van der Waals surface area contributed by atoms with Gasteiger partial charge in [0.1, 0.15) is 23.0 Å². The average molecular weight is 202 g/mol. The van der Waals surface area contributed by atoms with Gasteiger partial charge in [0.25, 0.3) is 0 Å². The van der Waals surface area contributed by atoms with Crippen molar-refractivity contribution in [2.45, 2.75) is 0 Å². The van der Waals surface area contributed by atoms with Crippen LogP contribution in [-0.4, -0.2) is 22.1 Å². The van der Waals surface area contributed by atoms with Gasteiger partial charge >= 0.3 is 0 Å². The van der Waals surface area contributed by atoms with Crippen molar-refractivity contribution in [1.82, 2.24) is 15.0 Å². The van der Waals surface area contributed by atoms with E-state index in [0.29, 0.717) is 23.0 Å². The molecule has 2 heterocycles. The van der Waals surface area contributed by atoms with Gasteiger partial charge in [0.15, 0.2) is 0 Å². The number of ether oxygens (including phenoxy) is 1. The van der Waals surface area contributed by atoms with Crippen molar-refractivity contribution in [2.24, 2.45) is 0 Å². The first-order valence-electron chi connectivity index (χ1n) is 4.38. The fourth-order valence-corrected chi connectivity index (χ4v) is 1.24. The van der Waals surface area contributed by atoms with Crippen molar-refractivity contribution >= 4 is 5.82 Å². The first-order valence-corrected chi connectivity index (χ1v) is 4.38. The van der Waals surface area contributed by atoms with Gasteiger partial charge in [-0.2, -0.15) is 0 Å². The summed E-state index contributed by atoms with van der Waals surface area (Å²) in [6.07, 6.45) is 4.75. The Kier molecular flexibility index (Phi) is 2.45. The Morgan fingerprint density at radius 3 is 2.93 bits per heavy atom. The zero-order chi connectivity index (χ0) is 10.7. The average Bonchev–Trinajstić information content (AvgIpc) is 2.29. The lowest BCUT2D eigenvalue weighted by Gasteiger charge is -2.05. The summed E-state index contributed by atoms with van der Waals surface area (Å²) in [5.74, 6) is 1.01. The highest BCUT2D eigenvalue weighted by Gasteiger charge is 2.08. The van der Waals surface area contributed by atoms with Gasteiger partial charge in [0.2, 0.25) is 0 Å². The number of nitrogen functional groups attached to an aromatic ring is 1.